The van der Waals surface area contributed by atoms with Crippen LogP contribution in [0.1, 0.15) is 28.6 Å². The number of halogens is 2. The van der Waals surface area contributed by atoms with Crippen molar-refractivity contribution in [1.29, 1.82) is 0 Å². The summed E-state index contributed by atoms with van der Waals surface area (Å²) in [4.78, 5) is 13.4. The van der Waals surface area contributed by atoms with E-state index < -0.39 is 10.0 Å². The molecule has 31 heavy (non-hydrogen) atoms. The maximum Gasteiger partial charge on any atom is 0.243 e. The number of sulfonamides is 1. The van der Waals surface area contributed by atoms with Crippen LogP contribution in [0.2, 0.25) is 0 Å². The molecule has 0 radical (unpaired) electrons. The van der Waals surface area contributed by atoms with E-state index in [1.807, 2.05) is 6.92 Å². The highest BCUT2D eigenvalue weighted by molar-refractivity contribution is 9.11. The minimum Gasteiger partial charge on any atom is -0.506 e. The van der Waals surface area contributed by atoms with Crippen LogP contribution in [0.25, 0.3) is 11.0 Å². The quantitative estimate of drug-likeness (QED) is 0.453. The largest absolute Gasteiger partial charge is 0.506 e. The summed E-state index contributed by atoms with van der Waals surface area (Å²) < 4.78 is 39.3. The van der Waals surface area contributed by atoms with Crippen LogP contribution in [0.5, 0.6) is 5.75 Å². The van der Waals surface area contributed by atoms with Gasteiger partial charge in [-0.3, -0.25) is 4.79 Å². The number of carbonyl (C=O) groups excluding carboxylic acids is 1. The molecule has 1 aliphatic rings. The second-order valence-corrected chi connectivity index (χ2v) is 10.7. The first-order valence-corrected chi connectivity index (χ1v) is 12.6. The van der Waals surface area contributed by atoms with Crippen LogP contribution in [0.3, 0.4) is 0 Å². The van der Waals surface area contributed by atoms with Crippen molar-refractivity contribution in [2.45, 2.75) is 18.2 Å². The number of ether oxygens (including phenoxy) is 1. The molecular formula is C21H19Br2NO6S. The van der Waals surface area contributed by atoms with E-state index in [-0.39, 0.29) is 16.4 Å². The standard InChI is InChI=1S/C21H19Br2NO6S/c1-2-17-19(20(25)12-9-15(22)21(26)16(23)10-12)14-4-3-13(11-18(14)30-17)31(27,28)24-5-7-29-8-6-24/h3-4,9-11,26H,2,5-8H2,1H3. The van der Waals surface area contributed by atoms with Crippen molar-refractivity contribution in [2.24, 2.45) is 0 Å². The van der Waals surface area contributed by atoms with Gasteiger partial charge < -0.3 is 14.3 Å². The number of aromatic hydroxyl groups is 1. The van der Waals surface area contributed by atoms with Crippen molar-refractivity contribution < 1.29 is 27.5 Å². The third-order valence-corrected chi connectivity index (χ3v) is 8.27. The first kappa shape index (κ1) is 22.5. The van der Waals surface area contributed by atoms with Gasteiger partial charge in [-0.2, -0.15) is 4.31 Å². The SMILES string of the molecule is CCc1oc2cc(S(=O)(=O)N3CCOCC3)ccc2c1C(=O)c1cc(Br)c(O)c(Br)c1. The number of furan rings is 1. The fraction of sp³-hybridized carbons (Fsp3) is 0.286. The highest BCUT2D eigenvalue weighted by Crippen LogP contribution is 2.36. The fourth-order valence-electron chi connectivity index (χ4n) is 3.56. The van der Waals surface area contributed by atoms with Gasteiger partial charge in [-0.25, -0.2) is 8.42 Å². The van der Waals surface area contributed by atoms with E-state index in [0.717, 1.165) is 0 Å². The van der Waals surface area contributed by atoms with Gasteiger partial charge in [-0.1, -0.05) is 6.92 Å². The second-order valence-electron chi connectivity index (χ2n) is 7.05. The zero-order valence-corrected chi connectivity index (χ0v) is 20.5. The number of morpholine rings is 1. The summed E-state index contributed by atoms with van der Waals surface area (Å²) in [5, 5.41) is 10.5. The summed E-state index contributed by atoms with van der Waals surface area (Å²) in [5.41, 5.74) is 1.09. The van der Waals surface area contributed by atoms with E-state index >= 15 is 0 Å². The average molecular weight is 573 g/mol. The average Bonchev–Trinajstić information content (AvgIpc) is 3.15. The summed E-state index contributed by atoms with van der Waals surface area (Å²) in [5.74, 6) is 0.198. The molecule has 0 aliphatic carbocycles. The lowest BCUT2D eigenvalue weighted by molar-refractivity contribution is 0.0730. The third-order valence-electron chi connectivity index (χ3n) is 5.17. The molecule has 0 amide bonds. The molecule has 1 aromatic heterocycles. The van der Waals surface area contributed by atoms with E-state index in [9.17, 15) is 18.3 Å². The number of benzene rings is 2. The number of aryl methyl sites for hydroxylation is 1. The Balaban J connectivity index is 1.80. The minimum atomic E-state index is -3.68. The molecule has 0 unspecified atom stereocenters. The monoisotopic (exact) mass is 571 g/mol. The number of phenols is 1. The number of hydrogen-bond acceptors (Lipinski definition) is 6. The Morgan fingerprint density at radius 2 is 1.77 bits per heavy atom. The predicted molar refractivity (Wildman–Crippen MR) is 122 cm³/mol. The van der Waals surface area contributed by atoms with Gasteiger partial charge >= 0.3 is 0 Å². The molecule has 7 nitrogen and oxygen atoms in total. The van der Waals surface area contributed by atoms with Gasteiger partial charge in [0.15, 0.2) is 5.78 Å². The Hall–Kier alpha value is -1.72. The lowest BCUT2D eigenvalue weighted by Crippen LogP contribution is -2.40. The maximum atomic E-state index is 13.3. The summed E-state index contributed by atoms with van der Waals surface area (Å²) in [6.45, 7) is 3.18. The van der Waals surface area contributed by atoms with E-state index in [4.69, 9.17) is 9.15 Å². The number of ketones is 1. The van der Waals surface area contributed by atoms with Gasteiger partial charge in [0.25, 0.3) is 0 Å². The van der Waals surface area contributed by atoms with E-state index in [2.05, 4.69) is 31.9 Å². The van der Waals surface area contributed by atoms with Gasteiger partial charge in [-0.15, -0.1) is 0 Å². The number of nitrogens with zero attached hydrogens (tertiary/aromatic N) is 1. The van der Waals surface area contributed by atoms with Crippen molar-refractivity contribution in [1.82, 2.24) is 4.31 Å². The molecule has 164 valence electrons. The second kappa shape index (κ2) is 8.67. The Bertz CT molecular complexity index is 1260. The summed E-state index contributed by atoms with van der Waals surface area (Å²) >= 11 is 6.49. The summed E-state index contributed by atoms with van der Waals surface area (Å²) in [7, 11) is -3.68. The Morgan fingerprint density at radius 1 is 1.13 bits per heavy atom. The van der Waals surface area contributed by atoms with Crippen molar-refractivity contribution in [3.05, 3.63) is 56.2 Å². The van der Waals surface area contributed by atoms with Gasteiger partial charge in [0.2, 0.25) is 10.0 Å². The molecule has 0 bridgehead atoms. The summed E-state index contributed by atoms with van der Waals surface area (Å²) in [6, 6.07) is 7.67. The smallest absolute Gasteiger partial charge is 0.243 e. The van der Waals surface area contributed by atoms with Crippen LogP contribution in [0.4, 0.5) is 0 Å². The number of carbonyl (C=O) groups is 1. The number of hydrogen-bond donors (Lipinski definition) is 1. The molecular weight excluding hydrogens is 554 g/mol. The summed E-state index contributed by atoms with van der Waals surface area (Å²) in [6.07, 6.45) is 0.460. The molecule has 2 heterocycles. The van der Waals surface area contributed by atoms with Crippen LogP contribution in [0.15, 0.2) is 48.6 Å². The molecule has 10 heteroatoms. The Kier molecular flexibility index (Phi) is 6.28. The molecule has 4 rings (SSSR count). The van der Waals surface area contributed by atoms with Gasteiger partial charge in [0.1, 0.15) is 17.1 Å². The fourth-order valence-corrected chi connectivity index (χ4v) is 6.17. The zero-order chi connectivity index (χ0) is 22.3. The van der Waals surface area contributed by atoms with Gasteiger partial charge in [0, 0.05) is 36.5 Å². The topological polar surface area (TPSA) is 97.0 Å². The first-order chi connectivity index (χ1) is 14.7. The molecule has 3 aromatic rings. The maximum absolute atomic E-state index is 13.3. The number of rotatable bonds is 5. The van der Waals surface area contributed by atoms with Crippen molar-refractivity contribution in [3.63, 3.8) is 0 Å². The molecule has 1 aliphatic heterocycles. The predicted octanol–water partition coefficient (Wildman–Crippen LogP) is 4.48. The highest BCUT2D eigenvalue weighted by Gasteiger charge is 2.28. The normalized spacial score (nSPS) is 15.5. The van der Waals surface area contributed by atoms with E-state index in [1.165, 1.54) is 28.6 Å². The molecule has 1 saturated heterocycles. The van der Waals surface area contributed by atoms with Crippen LogP contribution in [-0.4, -0.2) is 49.9 Å². The lowest BCUT2D eigenvalue weighted by Gasteiger charge is -2.25. The van der Waals surface area contributed by atoms with Crippen molar-refractivity contribution >= 4 is 58.6 Å². The van der Waals surface area contributed by atoms with Crippen molar-refractivity contribution in [3.8, 4) is 5.75 Å². The van der Waals surface area contributed by atoms with E-state index in [0.29, 0.717) is 69.5 Å². The highest BCUT2D eigenvalue weighted by atomic mass is 79.9. The minimum absolute atomic E-state index is 0.00211. The number of fused-ring (bicyclic) bond motifs is 1. The van der Waals surface area contributed by atoms with Crippen LogP contribution >= 0.6 is 31.9 Å². The van der Waals surface area contributed by atoms with Crippen molar-refractivity contribution in [2.75, 3.05) is 26.3 Å². The molecule has 0 saturated carbocycles. The molecule has 0 spiro atoms. The van der Waals surface area contributed by atoms with E-state index in [1.54, 1.807) is 6.07 Å². The Morgan fingerprint density at radius 3 is 2.39 bits per heavy atom. The van der Waals surface area contributed by atoms with Gasteiger partial charge in [0.05, 0.1) is 32.6 Å². The van der Waals surface area contributed by atoms with Crippen LogP contribution in [-0.2, 0) is 21.2 Å². The number of phenolic OH excluding ortho intramolecular Hbond substituents is 1. The first-order valence-electron chi connectivity index (χ1n) is 9.60. The third kappa shape index (κ3) is 4.07. The molecule has 1 N–H and O–H groups in total. The lowest BCUT2D eigenvalue weighted by atomic mass is 9.99. The molecule has 1 fully saturated rings. The molecule has 0 atom stereocenters. The Labute approximate surface area is 196 Å². The van der Waals surface area contributed by atoms with Crippen LogP contribution in [0, 0.1) is 0 Å². The molecule has 2 aromatic carbocycles. The van der Waals surface area contributed by atoms with Crippen LogP contribution < -0.4 is 0 Å². The zero-order valence-electron chi connectivity index (χ0n) is 16.5. The van der Waals surface area contributed by atoms with Gasteiger partial charge in [-0.05, 0) is 56.1 Å².